The average Bonchev–Trinajstić information content (AvgIpc) is 3.09. The molecule has 0 saturated carbocycles. The lowest BCUT2D eigenvalue weighted by Crippen LogP contribution is -2.28. The minimum atomic E-state index is -0.0927. The average molecular weight is 324 g/mol. The summed E-state index contributed by atoms with van der Waals surface area (Å²) in [5, 5.41) is 9.64. The van der Waals surface area contributed by atoms with E-state index in [0.717, 1.165) is 4.90 Å². The molecule has 0 radical (unpaired) electrons. The van der Waals surface area contributed by atoms with Crippen molar-refractivity contribution in [3.63, 3.8) is 0 Å². The Morgan fingerprint density at radius 3 is 2.35 bits per heavy atom. The number of thioether (sulfide) groups is 1. The molecule has 0 fully saturated rings. The van der Waals surface area contributed by atoms with Crippen LogP contribution in [0.1, 0.15) is 24.8 Å². The van der Waals surface area contributed by atoms with Gasteiger partial charge in [-0.05, 0) is 29.8 Å². The standard InChI is InChI=1S/C19H20N2OS/c1-19(2,15-6-4-3-5-7-15)18(21-13-12-20-14-21)23-17-10-8-16(22)9-11-17/h3-14,18,22H,1-2H3. The summed E-state index contributed by atoms with van der Waals surface area (Å²) in [7, 11) is 0. The van der Waals surface area contributed by atoms with Gasteiger partial charge in [0, 0.05) is 22.7 Å². The van der Waals surface area contributed by atoms with Crippen LogP contribution < -0.4 is 0 Å². The van der Waals surface area contributed by atoms with Crippen molar-refractivity contribution in [2.45, 2.75) is 29.5 Å². The van der Waals surface area contributed by atoms with Crippen LogP contribution in [-0.2, 0) is 5.41 Å². The summed E-state index contributed by atoms with van der Waals surface area (Å²) in [5.74, 6) is 0.288. The van der Waals surface area contributed by atoms with Gasteiger partial charge in [-0.1, -0.05) is 55.9 Å². The molecular weight excluding hydrogens is 304 g/mol. The summed E-state index contributed by atoms with van der Waals surface area (Å²) in [6.07, 6.45) is 5.68. The Morgan fingerprint density at radius 2 is 1.74 bits per heavy atom. The van der Waals surface area contributed by atoms with E-state index >= 15 is 0 Å². The van der Waals surface area contributed by atoms with Crippen LogP contribution in [0.25, 0.3) is 0 Å². The molecule has 0 bridgehead atoms. The molecular formula is C19H20N2OS. The van der Waals surface area contributed by atoms with Crippen molar-refractivity contribution in [3.05, 3.63) is 78.9 Å². The molecule has 2 aromatic carbocycles. The molecule has 1 heterocycles. The van der Waals surface area contributed by atoms with Crippen LogP contribution in [0, 0.1) is 0 Å². The molecule has 4 heteroatoms. The van der Waals surface area contributed by atoms with Crippen LogP contribution in [0.3, 0.4) is 0 Å². The van der Waals surface area contributed by atoms with E-state index < -0.39 is 0 Å². The van der Waals surface area contributed by atoms with Gasteiger partial charge >= 0.3 is 0 Å². The van der Waals surface area contributed by atoms with E-state index in [-0.39, 0.29) is 16.5 Å². The highest BCUT2D eigenvalue weighted by molar-refractivity contribution is 7.99. The van der Waals surface area contributed by atoms with Gasteiger partial charge in [0.2, 0.25) is 0 Å². The monoisotopic (exact) mass is 324 g/mol. The zero-order valence-electron chi connectivity index (χ0n) is 13.3. The number of aromatic nitrogens is 2. The first-order chi connectivity index (χ1) is 11.1. The van der Waals surface area contributed by atoms with Crippen LogP contribution in [0.15, 0.2) is 78.2 Å². The summed E-state index contributed by atoms with van der Waals surface area (Å²) in [4.78, 5) is 5.33. The van der Waals surface area contributed by atoms with Gasteiger partial charge in [0.25, 0.3) is 0 Å². The third kappa shape index (κ3) is 3.42. The van der Waals surface area contributed by atoms with Gasteiger partial charge < -0.3 is 9.67 Å². The largest absolute Gasteiger partial charge is 0.508 e. The van der Waals surface area contributed by atoms with E-state index in [0.29, 0.717) is 0 Å². The van der Waals surface area contributed by atoms with Gasteiger partial charge in [0.15, 0.2) is 0 Å². The second kappa shape index (κ2) is 6.50. The van der Waals surface area contributed by atoms with Gasteiger partial charge in [0.1, 0.15) is 5.75 Å². The molecule has 1 N–H and O–H groups in total. The topological polar surface area (TPSA) is 38.0 Å². The lowest BCUT2D eigenvalue weighted by atomic mass is 9.84. The van der Waals surface area contributed by atoms with Crippen LogP contribution in [0.5, 0.6) is 5.75 Å². The fraction of sp³-hybridized carbons (Fsp3) is 0.211. The number of hydrogen-bond acceptors (Lipinski definition) is 3. The number of hydrogen-bond donors (Lipinski definition) is 1. The number of nitrogens with zero attached hydrogens (tertiary/aromatic N) is 2. The minimum Gasteiger partial charge on any atom is -0.508 e. The first kappa shape index (κ1) is 15.7. The highest BCUT2D eigenvalue weighted by Crippen LogP contribution is 2.45. The van der Waals surface area contributed by atoms with Crippen molar-refractivity contribution >= 4 is 11.8 Å². The van der Waals surface area contributed by atoms with E-state index in [1.165, 1.54) is 5.56 Å². The van der Waals surface area contributed by atoms with Crippen molar-refractivity contribution in [2.75, 3.05) is 0 Å². The Labute approximate surface area is 141 Å². The second-order valence-corrected chi connectivity index (χ2v) is 7.22. The fourth-order valence-corrected chi connectivity index (χ4v) is 3.88. The third-order valence-electron chi connectivity index (χ3n) is 4.02. The van der Waals surface area contributed by atoms with Crippen molar-refractivity contribution < 1.29 is 5.11 Å². The molecule has 23 heavy (non-hydrogen) atoms. The zero-order valence-corrected chi connectivity index (χ0v) is 14.1. The van der Waals surface area contributed by atoms with Gasteiger partial charge in [0.05, 0.1) is 11.7 Å². The molecule has 1 unspecified atom stereocenters. The van der Waals surface area contributed by atoms with E-state index in [1.807, 2.05) is 36.9 Å². The smallest absolute Gasteiger partial charge is 0.115 e. The highest BCUT2D eigenvalue weighted by Gasteiger charge is 2.33. The number of imidazole rings is 1. The molecule has 3 rings (SSSR count). The Bertz CT molecular complexity index is 737. The molecule has 0 saturated heterocycles. The summed E-state index contributed by atoms with van der Waals surface area (Å²) in [5.41, 5.74) is 1.19. The Kier molecular flexibility index (Phi) is 4.44. The summed E-state index contributed by atoms with van der Waals surface area (Å²) in [6, 6.07) is 17.9. The van der Waals surface area contributed by atoms with Crippen LogP contribution in [-0.4, -0.2) is 14.7 Å². The fourth-order valence-electron chi connectivity index (χ4n) is 2.65. The molecule has 0 amide bonds. The van der Waals surface area contributed by atoms with E-state index in [2.05, 4.69) is 47.7 Å². The molecule has 3 aromatic rings. The Morgan fingerprint density at radius 1 is 1.04 bits per heavy atom. The Balaban J connectivity index is 1.97. The molecule has 3 nitrogen and oxygen atoms in total. The molecule has 0 aliphatic rings. The summed E-state index contributed by atoms with van der Waals surface area (Å²) in [6.45, 7) is 4.50. The normalized spacial score (nSPS) is 13.0. The van der Waals surface area contributed by atoms with Crippen molar-refractivity contribution in [1.29, 1.82) is 0 Å². The highest BCUT2D eigenvalue weighted by atomic mass is 32.2. The van der Waals surface area contributed by atoms with Gasteiger partial charge in [-0.25, -0.2) is 4.98 Å². The first-order valence-electron chi connectivity index (χ1n) is 7.56. The van der Waals surface area contributed by atoms with Crippen molar-refractivity contribution in [3.8, 4) is 5.75 Å². The van der Waals surface area contributed by atoms with E-state index in [4.69, 9.17) is 0 Å². The maximum absolute atomic E-state index is 9.49. The van der Waals surface area contributed by atoms with Crippen LogP contribution >= 0.6 is 11.8 Å². The predicted molar refractivity (Wildman–Crippen MR) is 94.7 cm³/mol. The van der Waals surface area contributed by atoms with Crippen LogP contribution in [0.4, 0.5) is 0 Å². The molecule has 0 aliphatic carbocycles. The maximum Gasteiger partial charge on any atom is 0.115 e. The quantitative estimate of drug-likeness (QED) is 0.681. The van der Waals surface area contributed by atoms with Gasteiger partial charge in [-0.15, -0.1) is 0 Å². The first-order valence-corrected chi connectivity index (χ1v) is 8.44. The number of aromatic hydroxyl groups is 1. The van der Waals surface area contributed by atoms with E-state index in [9.17, 15) is 5.11 Å². The third-order valence-corrected chi connectivity index (χ3v) is 5.62. The zero-order chi connectivity index (χ0) is 16.3. The Hall–Kier alpha value is -2.20. The lowest BCUT2D eigenvalue weighted by molar-refractivity contribution is 0.421. The maximum atomic E-state index is 9.49. The number of phenols is 1. The number of phenolic OH excluding ortho intramolecular Hbond substituents is 1. The molecule has 0 spiro atoms. The predicted octanol–water partition coefficient (Wildman–Crippen LogP) is 4.86. The lowest BCUT2D eigenvalue weighted by Gasteiger charge is -2.35. The SMILES string of the molecule is CC(C)(c1ccccc1)C(Sc1ccc(O)cc1)n1ccnc1. The second-order valence-electron chi connectivity index (χ2n) is 6.06. The molecule has 1 atom stereocenters. The number of benzene rings is 2. The van der Waals surface area contributed by atoms with Gasteiger partial charge in [-0.2, -0.15) is 0 Å². The summed E-state index contributed by atoms with van der Waals surface area (Å²) < 4.78 is 2.14. The van der Waals surface area contributed by atoms with Gasteiger partial charge in [-0.3, -0.25) is 0 Å². The molecule has 1 aromatic heterocycles. The summed E-state index contributed by atoms with van der Waals surface area (Å²) >= 11 is 1.77. The molecule has 118 valence electrons. The van der Waals surface area contributed by atoms with Crippen LogP contribution in [0.2, 0.25) is 0 Å². The van der Waals surface area contributed by atoms with E-state index in [1.54, 1.807) is 23.9 Å². The van der Waals surface area contributed by atoms with Crippen molar-refractivity contribution in [1.82, 2.24) is 9.55 Å². The molecule has 0 aliphatic heterocycles. The number of rotatable bonds is 5. The minimum absolute atomic E-state index is 0.0927. The van der Waals surface area contributed by atoms with Crippen molar-refractivity contribution in [2.24, 2.45) is 0 Å².